The third-order valence-electron chi connectivity index (χ3n) is 4.68. The number of amides is 2. The number of anilines is 1. The summed E-state index contributed by atoms with van der Waals surface area (Å²) in [6, 6.07) is 6.88. The number of nitrogens with zero attached hydrogens (tertiary/aromatic N) is 2. The summed E-state index contributed by atoms with van der Waals surface area (Å²) in [6.07, 6.45) is 1.82. The fraction of sp³-hybridized carbons (Fsp3) is 0.450. The minimum Gasteiger partial charge on any atom is -0.497 e. The lowest BCUT2D eigenvalue weighted by Gasteiger charge is -2.25. The van der Waals surface area contributed by atoms with Gasteiger partial charge in [0.1, 0.15) is 12.3 Å². The van der Waals surface area contributed by atoms with Gasteiger partial charge in [-0.2, -0.15) is 0 Å². The van der Waals surface area contributed by atoms with Gasteiger partial charge < -0.3 is 19.7 Å². The van der Waals surface area contributed by atoms with Gasteiger partial charge in [0.15, 0.2) is 5.13 Å². The number of aryl methyl sites for hydroxylation is 2. The Morgan fingerprint density at radius 3 is 2.64 bits per heavy atom. The average Bonchev–Trinajstić information content (AvgIpc) is 3.30. The van der Waals surface area contributed by atoms with E-state index in [4.69, 9.17) is 9.47 Å². The molecule has 3 rings (SSSR count). The summed E-state index contributed by atoms with van der Waals surface area (Å²) >= 11 is 1.43. The minimum absolute atomic E-state index is 0.0423. The van der Waals surface area contributed by atoms with Crippen molar-refractivity contribution in [2.24, 2.45) is 0 Å². The molecule has 28 heavy (non-hydrogen) atoms. The number of rotatable bonds is 7. The van der Waals surface area contributed by atoms with Gasteiger partial charge in [-0.3, -0.25) is 9.59 Å². The summed E-state index contributed by atoms with van der Waals surface area (Å²) in [7, 11) is 1.58. The van der Waals surface area contributed by atoms with Gasteiger partial charge in [0.2, 0.25) is 5.91 Å². The molecule has 2 amide bonds. The number of nitrogens with one attached hydrogen (secondary N) is 1. The number of methoxy groups -OCH3 is 1. The zero-order valence-corrected chi connectivity index (χ0v) is 17.2. The van der Waals surface area contributed by atoms with E-state index < -0.39 is 0 Å². The number of carbonyl (C=O) groups is 2. The minimum atomic E-state index is -0.270. The molecule has 2 aromatic rings. The number of thiazole rings is 1. The molecule has 1 saturated heterocycles. The van der Waals surface area contributed by atoms with Crippen molar-refractivity contribution < 1.29 is 19.1 Å². The highest BCUT2D eigenvalue weighted by molar-refractivity contribution is 7.15. The van der Waals surface area contributed by atoms with E-state index in [0.717, 1.165) is 23.4 Å². The smallest absolute Gasteiger partial charge is 0.254 e. The van der Waals surface area contributed by atoms with Gasteiger partial charge in [-0.25, -0.2) is 4.98 Å². The van der Waals surface area contributed by atoms with Crippen LogP contribution in [0.25, 0.3) is 0 Å². The third kappa shape index (κ3) is 5.08. The quantitative estimate of drug-likeness (QED) is 0.769. The average molecular weight is 404 g/mol. The van der Waals surface area contributed by atoms with Crippen molar-refractivity contribution >= 4 is 28.3 Å². The number of ether oxygens (including phenoxy) is 2. The highest BCUT2D eigenvalue weighted by Gasteiger charge is 2.25. The van der Waals surface area contributed by atoms with E-state index in [1.54, 1.807) is 36.3 Å². The Labute approximate surface area is 168 Å². The lowest BCUT2D eigenvalue weighted by molar-refractivity contribution is -0.117. The molecule has 1 aromatic carbocycles. The van der Waals surface area contributed by atoms with Gasteiger partial charge in [-0.05, 0) is 51.0 Å². The summed E-state index contributed by atoms with van der Waals surface area (Å²) in [4.78, 5) is 32.5. The molecule has 2 heterocycles. The van der Waals surface area contributed by atoms with E-state index in [2.05, 4.69) is 10.3 Å². The van der Waals surface area contributed by atoms with Crippen molar-refractivity contribution in [3.05, 3.63) is 40.4 Å². The summed E-state index contributed by atoms with van der Waals surface area (Å²) in [5, 5.41) is 3.35. The van der Waals surface area contributed by atoms with Gasteiger partial charge in [0.25, 0.3) is 5.91 Å². The van der Waals surface area contributed by atoms with Crippen LogP contribution in [0.5, 0.6) is 5.75 Å². The van der Waals surface area contributed by atoms with E-state index in [1.165, 1.54) is 11.3 Å². The van der Waals surface area contributed by atoms with Gasteiger partial charge in [0.05, 0.1) is 18.9 Å². The second-order valence-corrected chi connectivity index (χ2v) is 7.96. The van der Waals surface area contributed by atoms with Crippen LogP contribution in [0, 0.1) is 13.8 Å². The highest BCUT2D eigenvalue weighted by Crippen LogP contribution is 2.21. The zero-order chi connectivity index (χ0) is 20.1. The van der Waals surface area contributed by atoms with Crippen molar-refractivity contribution in [1.82, 2.24) is 9.88 Å². The Balaban J connectivity index is 1.71. The molecule has 1 atom stereocenters. The molecule has 0 spiro atoms. The van der Waals surface area contributed by atoms with Gasteiger partial charge in [0, 0.05) is 23.6 Å². The van der Waals surface area contributed by atoms with Crippen LogP contribution in [0.2, 0.25) is 0 Å². The van der Waals surface area contributed by atoms with Crippen LogP contribution < -0.4 is 10.1 Å². The Bertz CT molecular complexity index is 809. The second kappa shape index (κ2) is 9.16. The summed E-state index contributed by atoms with van der Waals surface area (Å²) in [6.45, 7) is 4.88. The van der Waals surface area contributed by atoms with Gasteiger partial charge >= 0.3 is 0 Å². The fourth-order valence-electron chi connectivity index (χ4n) is 3.03. The maximum absolute atomic E-state index is 13.0. The topological polar surface area (TPSA) is 80.8 Å². The number of hydrogen-bond donors (Lipinski definition) is 1. The second-order valence-electron chi connectivity index (χ2n) is 6.76. The van der Waals surface area contributed by atoms with Crippen LogP contribution >= 0.6 is 11.3 Å². The number of aromatic nitrogens is 1. The van der Waals surface area contributed by atoms with Crippen LogP contribution in [0.15, 0.2) is 24.3 Å². The lowest BCUT2D eigenvalue weighted by atomic mass is 10.1. The molecule has 0 aliphatic carbocycles. The normalized spacial score (nSPS) is 16.0. The molecular weight excluding hydrogens is 378 g/mol. The number of carbonyl (C=O) groups excluding carboxylic acids is 2. The molecule has 1 N–H and O–H groups in total. The third-order valence-corrected chi connectivity index (χ3v) is 5.67. The highest BCUT2D eigenvalue weighted by atomic mass is 32.1. The largest absolute Gasteiger partial charge is 0.497 e. The van der Waals surface area contributed by atoms with Crippen molar-refractivity contribution in [2.75, 3.05) is 32.1 Å². The van der Waals surface area contributed by atoms with E-state index in [0.29, 0.717) is 29.6 Å². The molecular formula is C20H25N3O4S. The first-order valence-corrected chi connectivity index (χ1v) is 10.1. The molecule has 0 saturated carbocycles. The predicted octanol–water partition coefficient (Wildman–Crippen LogP) is 3.03. The Morgan fingerprint density at radius 1 is 1.32 bits per heavy atom. The summed E-state index contributed by atoms with van der Waals surface area (Å²) in [5.41, 5.74) is 1.40. The van der Waals surface area contributed by atoms with Crippen LogP contribution in [0.4, 0.5) is 5.13 Å². The molecule has 0 radical (unpaired) electrons. The monoisotopic (exact) mass is 403 g/mol. The SMILES string of the molecule is COc1ccc(C(=O)N(CC(=O)Nc2nc(C)c(C)s2)CC2CCCO2)cc1. The van der Waals surface area contributed by atoms with Crippen molar-refractivity contribution in [1.29, 1.82) is 0 Å². The molecule has 8 heteroatoms. The van der Waals surface area contributed by atoms with Crippen LogP contribution in [0.3, 0.4) is 0 Å². The molecule has 1 aromatic heterocycles. The van der Waals surface area contributed by atoms with Crippen molar-refractivity contribution in [3.8, 4) is 5.75 Å². The maximum atomic E-state index is 13.0. The Morgan fingerprint density at radius 2 is 2.07 bits per heavy atom. The van der Waals surface area contributed by atoms with E-state index in [9.17, 15) is 9.59 Å². The standard InChI is InChI=1S/C20H25N3O4S/c1-13-14(2)28-20(21-13)22-18(24)12-23(11-17-5-4-10-27-17)19(25)15-6-8-16(26-3)9-7-15/h6-9,17H,4-5,10-12H2,1-3H3,(H,21,22,24). The Kier molecular flexibility index (Phi) is 6.64. The number of benzene rings is 1. The summed E-state index contributed by atoms with van der Waals surface area (Å²) in [5.74, 6) is 0.197. The Hall–Kier alpha value is -2.45. The fourth-order valence-corrected chi connectivity index (χ4v) is 3.86. The lowest BCUT2D eigenvalue weighted by Crippen LogP contribution is -2.42. The van der Waals surface area contributed by atoms with Gasteiger partial charge in [-0.15, -0.1) is 11.3 Å². The van der Waals surface area contributed by atoms with Crippen molar-refractivity contribution in [2.45, 2.75) is 32.8 Å². The molecule has 7 nitrogen and oxygen atoms in total. The maximum Gasteiger partial charge on any atom is 0.254 e. The van der Waals surface area contributed by atoms with Crippen LogP contribution in [-0.2, 0) is 9.53 Å². The van der Waals surface area contributed by atoms with Crippen molar-refractivity contribution in [3.63, 3.8) is 0 Å². The van der Waals surface area contributed by atoms with Gasteiger partial charge in [-0.1, -0.05) is 0 Å². The molecule has 1 aliphatic heterocycles. The number of hydrogen-bond acceptors (Lipinski definition) is 6. The zero-order valence-electron chi connectivity index (χ0n) is 16.4. The first kappa shape index (κ1) is 20.3. The molecule has 0 bridgehead atoms. The molecule has 1 aliphatic rings. The molecule has 1 unspecified atom stereocenters. The molecule has 150 valence electrons. The summed E-state index contributed by atoms with van der Waals surface area (Å²) < 4.78 is 10.8. The van der Waals surface area contributed by atoms with E-state index >= 15 is 0 Å². The van der Waals surface area contributed by atoms with E-state index in [1.807, 2.05) is 13.8 Å². The predicted molar refractivity (Wildman–Crippen MR) is 108 cm³/mol. The van der Waals surface area contributed by atoms with Crippen LogP contribution in [0.1, 0.15) is 33.8 Å². The van der Waals surface area contributed by atoms with Crippen LogP contribution in [-0.4, -0.2) is 54.6 Å². The first-order chi connectivity index (χ1) is 13.5. The first-order valence-electron chi connectivity index (χ1n) is 9.25. The molecule has 1 fully saturated rings. The van der Waals surface area contributed by atoms with E-state index in [-0.39, 0.29) is 24.5 Å².